The highest BCUT2D eigenvalue weighted by Crippen LogP contribution is 2.44. The first kappa shape index (κ1) is 21.6. The zero-order valence-electron chi connectivity index (χ0n) is 17.0. The molecule has 0 spiro atoms. The number of fused-ring (bicyclic) bond motifs is 1. The zero-order valence-corrected chi connectivity index (χ0v) is 17.0. The number of hydrogen-bond donors (Lipinski definition) is 5. The summed E-state index contributed by atoms with van der Waals surface area (Å²) in [5.74, 6) is -1.91. The van der Waals surface area contributed by atoms with Crippen molar-refractivity contribution in [2.45, 2.75) is 31.3 Å². The molecule has 1 fully saturated rings. The van der Waals surface area contributed by atoms with Gasteiger partial charge in [-0.05, 0) is 25.1 Å². The first-order chi connectivity index (χ1) is 15.1. The topological polar surface area (TPSA) is 167 Å². The lowest BCUT2D eigenvalue weighted by Crippen LogP contribution is -2.50. The van der Waals surface area contributed by atoms with Crippen LogP contribution in [0.3, 0.4) is 0 Å². The van der Waals surface area contributed by atoms with Crippen molar-refractivity contribution in [3.63, 3.8) is 0 Å². The smallest absolute Gasteiger partial charge is 0.197 e. The molecule has 0 bridgehead atoms. The quantitative estimate of drug-likeness (QED) is 0.398. The summed E-state index contributed by atoms with van der Waals surface area (Å²) in [5.41, 5.74) is -0.784. The van der Waals surface area contributed by atoms with Gasteiger partial charge in [-0.2, -0.15) is 0 Å². The fourth-order valence-corrected chi connectivity index (χ4v) is 3.74. The van der Waals surface area contributed by atoms with Crippen molar-refractivity contribution >= 4 is 16.8 Å². The molecule has 3 aromatic rings. The first-order valence-corrected chi connectivity index (χ1v) is 9.59. The maximum atomic E-state index is 12.8. The number of carbonyl (C=O) groups excluding carboxylic acids is 1. The van der Waals surface area contributed by atoms with Crippen molar-refractivity contribution in [2.24, 2.45) is 0 Å². The number of aromatic hydroxyl groups is 3. The summed E-state index contributed by atoms with van der Waals surface area (Å²) in [5, 5.41) is 51.0. The number of phenols is 3. The van der Waals surface area contributed by atoms with E-state index in [4.69, 9.17) is 13.9 Å². The summed E-state index contributed by atoms with van der Waals surface area (Å²) in [4.78, 5) is 24.7. The highest BCUT2D eigenvalue weighted by Gasteiger charge is 2.44. The molecule has 10 nitrogen and oxygen atoms in total. The summed E-state index contributed by atoms with van der Waals surface area (Å²) in [6, 6.07) is 6.46. The van der Waals surface area contributed by atoms with Gasteiger partial charge in [0.25, 0.3) is 0 Å². The second-order valence-corrected chi connectivity index (χ2v) is 7.43. The van der Waals surface area contributed by atoms with Crippen molar-refractivity contribution in [3.8, 4) is 34.3 Å². The van der Waals surface area contributed by atoms with Crippen LogP contribution in [0, 0.1) is 0 Å². The van der Waals surface area contributed by atoms with Gasteiger partial charge in [0.05, 0.1) is 12.7 Å². The van der Waals surface area contributed by atoms with E-state index in [1.807, 2.05) is 0 Å². The number of rotatable bonds is 3. The summed E-state index contributed by atoms with van der Waals surface area (Å²) in [7, 11) is 1.36. The third kappa shape index (κ3) is 3.34. The Bertz CT molecular complexity index is 1280. The number of methoxy groups -OCH3 is 1. The van der Waals surface area contributed by atoms with Gasteiger partial charge in [-0.15, -0.1) is 0 Å². The van der Waals surface area contributed by atoms with Crippen molar-refractivity contribution in [1.29, 1.82) is 0 Å². The second-order valence-electron chi connectivity index (χ2n) is 7.43. The molecule has 32 heavy (non-hydrogen) atoms. The van der Waals surface area contributed by atoms with E-state index in [9.17, 15) is 35.1 Å². The van der Waals surface area contributed by atoms with Crippen LogP contribution in [0.5, 0.6) is 23.0 Å². The number of ketones is 1. The Morgan fingerprint density at radius 3 is 2.41 bits per heavy atom. The van der Waals surface area contributed by atoms with Crippen LogP contribution in [0.4, 0.5) is 0 Å². The standard InChI is InChI=1S/C22H20O10/c1-8-18(26)20(28)21(29)22(31-8)17-12(25)7-15-16(19(17)27)11(24)6-13(32-15)9-3-4-10(23)14(5-9)30-2/h3-8,20-23,25,27-29H,1-2H3/t8-,20+,21+,22?/m0/s1. The van der Waals surface area contributed by atoms with Crippen LogP contribution in [-0.4, -0.2) is 56.7 Å². The van der Waals surface area contributed by atoms with Crippen LogP contribution in [0.25, 0.3) is 22.3 Å². The van der Waals surface area contributed by atoms with E-state index in [0.717, 1.165) is 12.1 Å². The average Bonchev–Trinajstić information content (AvgIpc) is 2.75. The molecule has 1 aliphatic rings. The van der Waals surface area contributed by atoms with Crippen LogP contribution in [0.1, 0.15) is 18.6 Å². The summed E-state index contributed by atoms with van der Waals surface area (Å²) >= 11 is 0. The van der Waals surface area contributed by atoms with Gasteiger partial charge in [0.2, 0.25) is 0 Å². The van der Waals surface area contributed by atoms with Gasteiger partial charge >= 0.3 is 0 Å². The number of benzene rings is 2. The Balaban J connectivity index is 1.87. The molecular formula is C22H20O10. The van der Waals surface area contributed by atoms with E-state index in [-0.39, 0.29) is 33.8 Å². The molecule has 1 aromatic heterocycles. The lowest BCUT2D eigenvalue weighted by molar-refractivity contribution is -0.181. The minimum absolute atomic E-state index is 0.0796. The number of aliphatic hydroxyl groups excluding tert-OH is 2. The average molecular weight is 444 g/mol. The Kier molecular flexibility index (Phi) is 5.29. The van der Waals surface area contributed by atoms with Crippen molar-refractivity contribution < 1.29 is 44.2 Å². The Labute approximate surface area is 180 Å². The predicted octanol–water partition coefficient (Wildman–Crippen LogP) is 1.34. The molecule has 4 rings (SSSR count). The van der Waals surface area contributed by atoms with E-state index >= 15 is 0 Å². The maximum absolute atomic E-state index is 12.8. The first-order valence-electron chi connectivity index (χ1n) is 9.59. The van der Waals surface area contributed by atoms with Gasteiger partial charge in [0.15, 0.2) is 22.7 Å². The number of aliphatic hydroxyl groups is 2. The van der Waals surface area contributed by atoms with Gasteiger partial charge in [-0.25, -0.2) is 0 Å². The lowest BCUT2D eigenvalue weighted by atomic mass is 9.91. The minimum Gasteiger partial charge on any atom is -0.507 e. The third-order valence-electron chi connectivity index (χ3n) is 5.44. The number of carbonyl (C=O) groups is 1. The molecule has 10 heteroatoms. The lowest BCUT2D eigenvalue weighted by Gasteiger charge is -2.35. The van der Waals surface area contributed by atoms with Gasteiger partial charge in [-0.1, -0.05) is 0 Å². The molecular weight excluding hydrogens is 424 g/mol. The van der Waals surface area contributed by atoms with Gasteiger partial charge in [-0.3, -0.25) is 9.59 Å². The van der Waals surface area contributed by atoms with E-state index in [1.54, 1.807) is 0 Å². The highest BCUT2D eigenvalue weighted by molar-refractivity contribution is 5.90. The van der Waals surface area contributed by atoms with Crippen molar-refractivity contribution in [2.75, 3.05) is 7.11 Å². The molecule has 2 heterocycles. The zero-order chi connectivity index (χ0) is 23.3. The largest absolute Gasteiger partial charge is 0.507 e. The summed E-state index contributed by atoms with van der Waals surface area (Å²) in [6.45, 7) is 1.35. The molecule has 168 valence electrons. The molecule has 0 radical (unpaired) electrons. The monoisotopic (exact) mass is 444 g/mol. The predicted molar refractivity (Wildman–Crippen MR) is 110 cm³/mol. The van der Waals surface area contributed by atoms with Crippen molar-refractivity contribution in [3.05, 3.63) is 46.1 Å². The van der Waals surface area contributed by atoms with Crippen LogP contribution in [0.2, 0.25) is 0 Å². The Hall–Kier alpha value is -3.60. The van der Waals surface area contributed by atoms with Crippen LogP contribution < -0.4 is 10.2 Å². The van der Waals surface area contributed by atoms with E-state index in [2.05, 4.69) is 0 Å². The summed E-state index contributed by atoms with van der Waals surface area (Å²) < 4.78 is 16.1. The number of hydrogen-bond acceptors (Lipinski definition) is 10. The van der Waals surface area contributed by atoms with Gasteiger partial charge in [0, 0.05) is 17.7 Å². The Morgan fingerprint density at radius 2 is 1.72 bits per heavy atom. The molecule has 0 aliphatic carbocycles. The fraction of sp³-hybridized carbons (Fsp3) is 0.273. The van der Waals surface area contributed by atoms with Gasteiger partial charge in [0.1, 0.15) is 52.6 Å². The number of phenolic OH excluding ortho intramolecular Hbond substituents is 3. The molecule has 1 aliphatic heterocycles. The maximum Gasteiger partial charge on any atom is 0.197 e. The SMILES string of the molecule is COc1cc(-c2cc(=O)c3c(O)c(C4O[C@@H](C)C(=O)[C@@H](O)[C@H]4O)c(O)cc3o2)ccc1O. The van der Waals surface area contributed by atoms with Crippen molar-refractivity contribution in [1.82, 2.24) is 0 Å². The fourth-order valence-electron chi connectivity index (χ4n) is 3.74. The molecule has 1 unspecified atom stereocenters. The highest BCUT2D eigenvalue weighted by atomic mass is 16.5. The number of Topliss-reactive ketones (excluding diaryl/α,β-unsaturated/α-hetero) is 1. The molecule has 2 aromatic carbocycles. The molecule has 0 saturated carbocycles. The normalized spacial score (nSPS) is 23.4. The number of ether oxygens (including phenoxy) is 2. The van der Waals surface area contributed by atoms with E-state index in [0.29, 0.717) is 5.56 Å². The van der Waals surface area contributed by atoms with Crippen LogP contribution in [0.15, 0.2) is 39.5 Å². The molecule has 4 atom stereocenters. The second kappa shape index (κ2) is 7.83. The minimum atomic E-state index is -1.79. The Morgan fingerprint density at radius 1 is 1.00 bits per heavy atom. The van der Waals surface area contributed by atoms with Crippen LogP contribution in [-0.2, 0) is 9.53 Å². The van der Waals surface area contributed by atoms with Crippen LogP contribution >= 0.6 is 0 Å². The molecule has 5 N–H and O–H groups in total. The van der Waals surface area contributed by atoms with E-state index in [1.165, 1.54) is 32.2 Å². The third-order valence-corrected chi connectivity index (χ3v) is 5.44. The van der Waals surface area contributed by atoms with E-state index < -0.39 is 47.1 Å². The molecule has 0 amide bonds. The van der Waals surface area contributed by atoms with Gasteiger partial charge < -0.3 is 39.4 Å². The summed E-state index contributed by atoms with van der Waals surface area (Å²) in [6.07, 6.45) is -6.15. The molecule has 1 saturated heterocycles.